The number of aromatic nitrogens is 1. The first kappa shape index (κ1) is 15.2. The van der Waals surface area contributed by atoms with Crippen LogP contribution in [-0.4, -0.2) is 41.3 Å². The molecule has 6 nitrogen and oxygen atoms in total. The fourth-order valence-electron chi connectivity index (χ4n) is 3.69. The predicted octanol–water partition coefficient (Wildman–Crippen LogP) is 2.50. The molecule has 1 aromatic carbocycles. The minimum absolute atomic E-state index is 0.00456. The average molecular weight is 327 g/mol. The zero-order valence-corrected chi connectivity index (χ0v) is 13.8. The molecule has 6 heteroatoms. The highest BCUT2D eigenvalue weighted by molar-refractivity contribution is 6.01. The van der Waals surface area contributed by atoms with E-state index in [0.29, 0.717) is 24.4 Å². The summed E-state index contributed by atoms with van der Waals surface area (Å²) >= 11 is 0. The highest BCUT2D eigenvalue weighted by Gasteiger charge is 2.37. The average Bonchev–Trinajstić information content (AvgIpc) is 3.16. The van der Waals surface area contributed by atoms with Crippen LogP contribution in [0.1, 0.15) is 31.6 Å². The second kappa shape index (κ2) is 5.92. The summed E-state index contributed by atoms with van der Waals surface area (Å²) in [5.41, 5.74) is 2.24. The van der Waals surface area contributed by atoms with Gasteiger partial charge in [0.05, 0.1) is 5.92 Å². The molecule has 0 unspecified atom stereocenters. The zero-order chi connectivity index (χ0) is 16.7. The third-order valence-electron chi connectivity index (χ3n) is 4.93. The Bertz CT molecular complexity index is 792. The summed E-state index contributed by atoms with van der Waals surface area (Å²) in [6, 6.07) is 5.55. The number of hydrogen-bond donors (Lipinski definition) is 0. The Morgan fingerprint density at radius 2 is 2.04 bits per heavy atom. The fourth-order valence-corrected chi connectivity index (χ4v) is 3.69. The largest absolute Gasteiger partial charge is 0.441 e. The number of anilines is 1. The van der Waals surface area contributed by atoms with Crippen LogP contribution in [-0.2, 0) is 9.59 Å². The Balaban J connectivity index is 1.53. The van der Waals surface area contributed by atoms with Crippen molar-refractivity contribution in [3.8, 4) is 0 Å². The highest BCUT2D eigenvalue weighted by atomic mass is 16.3. The van der Waals surface area contributed by atoms with E-state index in [1.807, 2.05) is 23.1 Å². The van der Waals surface area contributed by atoms with Crippen LogP contribution in [0.15, 0.2) is 22.6 Å². The quantitative estimate of drug-likeness (QED) is 0.850. The maximum Gasteiger partial charge on any atom is 0.228 e. The number of fused-ring (bicyclic) bond motifs is 1. The van der Waals surface area contributed by atoms with Crippen molar-refractivity contribution in [2.75, 3.05) is 24.5 Å². The van der Waals surface area contributed by atoms with E-state index in [1.54, 1.807) is 11.8 Å². The Labute approximate surface area is 140 Å². The second-order valence-electron chi connectivity index (χ2n) is 6.68. The minimum atomic E-state index is -0.231. The van der Waals surface area contributed by atoms with Gasteiger partial charge in [-0.05, 0) is 37.5 Å². The third kappa shape index (κ3) is 2.66. The second-order valence-corrected chi connectivity index (χ2v) is 6.68. The van der Waals surface area contributed by atoms with E-state index in [2.05, 4.69) is 4.98 Å². The van der Waals surface area contributed by atoms with Gasteiger partial charge >= 0.3 is 0 Å². The first-order valence-corrected chi connectivity index (χ1v) is 8.58. The number of hydrogen-bond acceptors (Lipinski definition) is 4. The van der Waals surface area contributed by atoms with Crippen molar-refractivity contribution >= 4 is 28.6 Å². The molecule has 3 heterocycles. The topological polar surface area (TPSA) is 66.7 Å². The summed E-state index contributed by atoms with van der Waals surface area (Å²) in [6.45, 7) is 3.91. The summed E-state index contributed by atoms with van der Waals surface area (Å²) < 4.78 is 5.48. The molecule has 1 atom stereocenters. The highest BCUT2D eigenvalue weighted by Crippen LogP contribution is 2.29. The number of carbonyl (C=O) groups excluding carboxylic acids is 2. The third-order valence-corrected chi connectivity index (χ3v) is 4.93. The molecule has 2 aromatic rings. The molecule has 2 fully saturated rings. The number of benzene rings is 1. The molecule has 0 spiro atoms. The number of likely N-dealkylation sites (tertiary alicyclic amines) is 1. The lowest BCUT2D eigenvalue weighted by molar-refractivity contribution is -0.136. The smallest absolute Gasteiger partial charge is 0.228 e. The summed E-state index contributed by atoms with van der Waals surface area (Å²) in [5, 5.41) is 0. The molecule has 2 aliphatic rings. The van der Waals surface area contributed by atoms with Crippen LogP contribution in [0, 0.1) is 12.8 Å². The van der Waals surface area contributed by atoms with Crippen LogP contribution in [0.3, 0.4) is 0 Å². The van der Waals surface area contributed by atoms with Crippen LogP contribution < -0.4 is 4.90 Å². The number of amides is 2. The Hall–Kier alpha value is -2.37. The van der Waals surface area contributed by atoms with Crippen molar-refractivity contribution in [3.63, 3.8) is 0 Å². The monoisotopic (exact) mass is 327 g/mol. The molecule has 0 saturated carbocycles. The van der Waals surface area contributed by atoms with Crippen molar-refractivity contribution in [2.45, 2.75) is 32.6 Å². The zero-order valence-electron chi connectivity index (χ0n) is 13.8. The molecule has 1 aromatic heterocycles. The molecule has 2 amide bonds. The molecule has 0 aliphatic carbocycles. The van der Waals surface area contributed by atoms with Gasteiger partial charge in [0.25, 0.3) is 0 Å². The number of oxazole rings is 1. The molecular formula is C18H21N3O3. The lowest BCUT2D eigenvalue weighted by atomic mass is 10.0. The van der Waals surface area contributed by atoms with E-state index in [-0.39, 0.29) is 17.7 Å². The number of rotatable bonds is 2. The van der Waals surface area contributed by atoms with Gasteiger partial charge < -0.3 is 14.2 Å². The van der Waals surface area contributed by atoms with Crippen molar-refractivity contribution in [2.24, 2.45) is 5.92 Å². The van der Waals surface area contributed by atoms with Gasteiger partial charge in [0.15, 0.2) is 11.5 Å². The van der Waals surface area contributed by atoms with Crippen LogP contribution in [0.2, 0.25) is 0 Å². The number of piperidine rings is 1. The van der Waals surface area contributed by atoms with Gasteiger partial charge in [-0.25, -0.2) is 4.98 Å². The maximum absolute atomic E-state index is 12.7. The van der Waals surface area contributed by atoms with Crippen molar-refractivity contribution in [1.82, 2.24) is 9.88 Å². The Kier molecular flexibility index (Phi) is 3.75. The standard InChI is InChI=1S/C18H21N3O3/c1-12-19-15-10-14(5-6-16(15)24-12)21-11-13(9-17(21)22)18(23)20-7-3-2-4-8-20/h5-6,10,13H,2-4,7-9,11H2,1H3/t13-/m0/s1. The van der Waals surface area contributed by atoms with Crippen molar-refractivity contribution in [3.05, 3.63) is 24.1 Å². The van der Waals surface area contributed by atoms with Gasteiger partial charge in [-0.15, -0.1) is 0 Å². The fraction of sp³-hybridized carbons (Fsp3) is 0.500. The van der Waals surface area contributed by atoms with Gasteiger partial charge in [0.1, 0.15) is 5.52 Å². The first-order valence-electron chi connectivity index (χ1n) is 8.58. The van der Waals surface area contributed by atoms with E-state index in [4.69, 9.17) is 4.42 Å². The molecule has 2 aliphatic heterocycles. The minimum Gasteiger partial charge on any atom is -0.441 e. The van der Waals surface area contributed by atoms with E-state index in [9.17, 15) is 9.59 Å². The van der Waals surface area contributed by atoms with Gasteiger partial charge in [-0.1, -0.05) is 0 Å². The molecule has 4 rings (SSSR count). The molecule has 0 radical (unpaired) electrons. The number of carbonyl (C=O) groups is 2. The number of nitrogens with zero attached hydrogens (tertiary/aromatic N) is 3. The van der Waals surface area contributed by atoms with E-state index in [0.717, 1.165) is 37.1 Å². The summed E-state index contributed by atoms with van der Waals surface area (Å²) in [4.78, 5) is 33.0. The van der Waals surface area contributed by atoms with Crippen molar-refractivity contribution < 1.29 is 14.0 Å². The lowest BCUT2D eigenvalue weighted by Crippen LogP contribution is -2.40. The van der Waals surface area contributed by atoms with Crippen LogP contribution in [0.4, 0.5) is 5.69 Å². The molecule has 2 saturated heterocycles. The van der Waals surface area contributed by atoms with Crippen LogP contribution in [0.25, 0.3) is 11.1 Å². The molecule has 0 N–H and O–H groups in total. The van der Waals surface area contributed by atoms with Gasteiger partial charge in [0, 0.05) is 38.7 Å². The molecule has 0 bridgehead atoms. The van der Waals surface area contributed by atoms with E-state index in [1.165, 1.54) is 6.42 Å². The number of aryl methyl sites for hydroxylation is 1. The van der Waals surface area contributed by atoms with Gasteiger partial charge in [0.2, 0.25) is 11.8 Å². The van der Waals surface area contributed by atoms with Gasteiger partial charge in [-0.2, -0.15) is 0 Å². The Morgan fingerprint density at radius 1 is 1.25 bits per heavy atom. The first-order chi connectivity index (χ1) is 11.6. The normalized spacial score (nSPS) is 21.7. The van der Waals surface area contributed by atoms with E-state index < -0.39 is 0 Å². The SMILES string of the molecule is Cc1nc2cc(N3C[C@@H](C(=O)N4CCCCC4)CC3=O)ccc2o1. The van der Waals surface area contributed by atoms with Crippen LogP contribution in [0.5, 0.6) is 0 Å². The lowest BCUT2D eigenvalue weighted by Gasteiger charge is -2.29. The van der Waals surface area contributed by atoms with Crippen molar-refractivity contribution in [1.29, 1.82) is 0 Å². The molecule has 24 heavy (non-hydrogen) atoms. The van der Waals surface area contributed by atoms with E-state index >= 15 is 0 Å². The summed E-state index contributed by atoms with van der Waals surface area (Å²) in [6.07, 6.45) is 3.62. The molecular weight excluding hydrogens is 306 g/mol. The van der Waals surface area contributed by atoms with Crippen LogP contribution >= 0.6 is 0 Å². The summed E-state index contributed by atoms with van der Waals surface area (Å²) in [7, 11) is 0. The maximum atomic E-state index is 12.7. The predicted molar refractivity (Wildman–Crippen MR) is 89.6 cm³/mol. The summed E-state index contributed by atoms with van der Waals surface area (Å²) in [5.74, 6) is 0.507. The Morgan fingerprint density at radius 3 is 2.83 bits per heavy atom. The van der Waals surface area contributed by atoms with Gasteiger partial charge in [-0.3, -0.25) is 9.59 Å². The molecule has 126 valence electrons.